The Hall–Kier alpha value is -0.340. The van der Waals surface area contributed by atoms with Crippen molar-refractivity contribution >= 4 is 0 Å². The smallest absolute Gasteiger partial charge is 0.0221 e. The fourth-order valence-corrected chi connectivity index (χ4v) is 2.00. The van der Waals surface area contributed by atoms with Gasteiger partial charge in [-0.2, -0.15) is 0 Å². The van der Waals surface area contributed by atoms with E-state index in [-0.39, 0.29) is 0 Å². The summed E-state index contributed by atoms with van der Waals surface area (Å²) < 4.78 is 0. The van der Waals surface area contributed by atoms with Gasteiger partial charge in [0.25, 0.3) is 0 Å². The Kier molecular flexibility index (Phi) is 5.09. The van der Waals surface area contributed by atoms with E-state index in [0.717, 1.165) is 12.5 Å². The van der Waals surface area contributed by atoms with Crippen molar-refractivity contribution in [1.29, 1.82) is 0 Å². The van der Waals surface area contributed by atoms with Crippen LogP contribution in [-0.2, 0) is 0 Å². The molecule has 76 valence electrons. The van der Waals surface area contributed by atoms with Gasteiger partial charge in [-0.15, -0.1) is 6.58 Å². The van der Waals surface area contributed by atoms with Crippen LogP contribution in [0.25, 0.3) is 0 Å². The third kappa shape index (κ3) is 3.49. The highest BCUT2D eigenvalue weighted by Crippen LogP contribution is 2.10. The van der Waals surface area contributed by atoms with Crippen molar-refractivity contribution in [2.75, 3.05) is 26.2 Å². The molecule has 1 aliphatic heterocycles. The molecule has 1 aliphatic rings. The molecule has 1 saturated heterocycles. The van der Waals surface area contributed by atoms with E-state index in [9.17, 15) is 0 Å². The van der Waals surface area contributed by atoms with Crippen molar-refractivity contribution < 1.29 is 0 Å². The summed E-state index contributed by atoms with van der Waals surface area (Å²) in [7, 11) is 0. The summed E-state index contributed by atoms with van der Waals surface area (Å²) in [5, 5.41) is 3.46. The van der Waals surface area contributed by atoms with E-state index in [1.807, 2.05) is 6.08 Å². The molecule has 0 aromatic heterocycles. The fraction of sp³-hybridized carbons (Fsp3) is 0.818. The largest absolute Gasteiger partial charge is 0.315 e. The second-order valence-corrected chi connectivity index (χ2v) is 3.71. The molecular weight excluding hydrogens is 160 g/mol. The lowest BCUT2D eigenvalue weighted by molar-refractivity contribution is 0.177. The molecule has 1 N–H and O–H groups in total. The van der Waals surface area contributed by atoms with Crippen LogP contribution in [0.2, 0.25) is 0 Å². The highest BCUT2D eigenvalue weighted by atomic mass is 15.2. The predicted molar refractivity (Wildman–Crippen MR) is 58.0 cm³/mol. The van der Waals surface area contributed by atoms with Gasteiger partial charge in [0.1, 0.15) is 0 Å². The van der Waals surface area contributed by atoms with Gasteiger partial charge in [0.05, 0.1) is 0 Å². The molecular formula is C11H22N2. The van der Waals surface area contributed by atoms with E-state index in [2.05, 4.69) is 23.7 Å². The molecule has 2 heteroatoms. The van der Waals surface area contributed by atoms with Crippen LogP contribution < -0.4 is 5.32 Å². The quantitative estimate of drug-likeness (QED) is 0.650. The topological polar surface area (TPSA) is 15.3 Å². The Bertz CT molecular complexity index is 139. The third-order valence-corrected chi connectivity index (χ3v) is 2.81. The van der Waals surface area contributed by atoms with Crippen LogP contribution in [-0.4, -0.2) is 37.1 Å². The van der Waals surface area contributed by atoms with Crippen molar-refractivity contribution in [1.82, 2.24) is 10.2 Å². The number of piperidine rings is 1. The van der Waals surface area contributed by atoms with Crippen LogP contribution >= 0.6 is 0 Å². The van der Waals surface area contributed by atoms with Gasteiger partial charge in [-0.05, 0) is 32.4 Å². The molecule has 13 heavy (non-hydrogen) atoms. The maximum Gasteiger partial charge on any atom is 0.0221 e. The highest BCUT2D eigenvalue weighted by Gasteiger charge is 2.18. The van der Waals surface area contributed by atoms with Gasteiger partial charge < -0.3 is 5.32 Å². The molecule has 0 aliphatic carbocycles. The molecule has 0 spiro atoms. The number of rotatable bonds is 5. The van der Waals surface area contributed by atoms with E-state index in [0.29, 0.717) is 0 Å². The number of hydrogen-bond donors (Lipinski definition) is 1. The Morgan fingerprint density at radius 2 is 2.46 bits per heavy atom. The van der Waals surface area contributed by atoms with E-state index >= 15 is 0 Å². The van der Waals surface area contributed by atoms with Crippen LogP contribution in [0.3, 0.4) is 0 Å². The summed E-state index contributed by atoms with van der Waals surface area (Å²) in [4.78, 5) is 2.56. The molecule has 1 heterocycles. The second kappa shape index (κ2) is 6.17. The van der Waals surface area contributed by atoms with Gasteiger partial charge in [0, 0.05) is 19.1 Å². The van der Waals surface area contributed by atoms with Gasteiger partial charge >= 0.3 is 0 Å². The zero-order valence-corrected chi connectivity index (χ0v) is 8.76. The first-order valence-corrected chi connectivity index (χ1v) is 5.44. The first-order valence-electron chi connectivity index (χ1n) is 5.44. The Morgan fingerprint density at radius 1 is 1.62 bits per heavy atom. The minimum absolute atomic E-state index is 0.763. The minimum atomic E-state index is 0.763. The molecule has 0 aromatic rings. The molecule has 1 rings (SSSR count). The minimum Gasteiger partial charge on any atom is -0.315 e. The molecule has 0 radical (unpaired) electrons. The normalized spacial score (nSPS) is 23.4. The molecule has 1 fully saturated rings. The standard InChI is InChI=1S/C11H22N2/c1-3-5-9-13(4-2)11-7-6-8-12-10-11/h3,11-12H,1,4-10H2,2H3. The number of nitrogens with zero attached hydrogens (tertiary/aromatic N) is 1. The maximum atomic E-state index is 3.77. The van der Waals surface area contributed by atoms with E-state index in [1.54, 1.807) is 0 Å². The van der Waals surface area contributed by atoms with Gasteiger partial charge in [-0.25, -0.2) is 0 Å². The molecule has 0 amide bonds. The Labute approximate surface area is 82.0 Å². The van der Waals surface area contributed by atoms with Gasteiger partial charge in [-0.3, -0.25) is 4.90 Å². The molecule has 1 unspecified atom stereocenters. The predicted octanol–water partition coefficient (Wildman–Crippen LogP) is 1.64. The summed E-state index contributed by atoms with van der Waals surface area (Å²) in [5.41, 5.74) is 0. The first-order chi connectivity index (χ1) is 6.38. The summed E-state index contributed by atoms with van der Waals surface area (Å²) in [6.07, 6.45) is 5.82. The highest BCUT2D eigenvalue weighted by molar-refractivity contribution is 4.79. The lowest BCUT2D eigenvalue weighted by Gasteiger charge is -2.33. The average Bonchev–Trinajstić information content (AvgIpc) is 2.21. The van der Waals surface area contributed by atoms with E-state index in [1.165, 1.54) is 39.0 Å². The lowest BCUT2D eigenvalue weighted by Crippen LogP contribution is -2.46. The molecule has 2 nitrogen and oxygen atoms in total. The van der Waals surface area contributed by atoms with Crippen molar-refractivity contribution in [2.45, 2.75) is 32.2 Å². The first kappa shape index (κ1) is 10.7. The van der Waals surface area contributed by atoms with Gasteiger partial charge in [-0.1, -0.05) is 13.0 Å². The lowest BCUT2D eigenvalue weighted by atomic mass is 10.1. The van der Waals surface area contributed by atoms with E-state index in [4.69, 9.17) is 0 Å². The summed E-state index contributed by atoms with van der Waals surface area (Å²) >= 11 is 0. The monoisotopic (exact) mass is 182 g/mol. The molecule has 1 atom stereocenters. The fourth-order valence-electron chi connectivity index (χ4n) is 2.00. The number of nitrogens with one attached hydrogen (secondary N) is 1. The molecule has 0 aromatic carbocycles. The Balaban J connectivity index is 2.29. The van der Waals surface area contributed by atoms with Crippen LogP contribution in [0.15, 0.2) is 12.7 Å². The zero-order valence-electron chi connectivity index (χ0n) is 8.76. The van der Waals surface area contributed by atoms with Crippen LogP contribution in [0, 0.1) is 0 Å². The van der Waals surface area contributed by atoms with E-state index < -0.39 is 0 Å². The van der Waals surface area contributed by atoms with Gasteiger partial charge in [0.15, 0.2) is 0 Å². The summed E-state index contributed by atoms with van der Waals surface area (Å²) in [5.74, 6) is 0. The molecule has 0 bridgehead atoms. The second-order valence-electron chi connectivity index (χ2n) is 3.71. The summed E-state index contributed by atoms with van der Waals surface area (Å²) in [6, 6.07) is 0.763. The van der Waals surface area contributed by atoms with Crippen molar-refractivity contribution in [3.05, 3.63) is 12.7 Å². The third-order valence-electron chi connectivity index (χ3n) is 2.81. The maximum absolute atomic E-state index is 3.77. The zero-order chi connectivity index (χ0) is 9.52. The van der Waals surface area contributed by atoms with Crippen molar-refractivity contribution in [2.24, 2.45) is 0 Å². The average molecular weight is 182 g/mol. The summed E-state index contributed by atoms with van der Waals surface area (Å²) in [6.45, 7) is 10.7. The van der Waals surface area contributed by atoms with Crippen LogP contribution in [0.1, 0.15) is 26.2 Å². The van der Waals surface area contributed by atoms with Gasteiger partial charge in [0.2, 0.25) is 0 Å². The SMILES string of the molecule is C=CCCN(CC)C1CCCNC1. The molecule has 0 saturated carbocycles. The number of hydrogen-bond acceptors (Lipinski definition) is 2. The number of likely N-dealkylation sites (N-methyl/N-ethyl adjacent to an activating group) is 1. The van der Waals surface area contributed by atoms with Crippen LogP contribution in [0.4, 0.5) is 0 Å². The van der Waals surface area contributed by atoms with Crippen molar-refractivity contribution in [3.63, 3.8) is 0 Å². The van der Waals surface area contributed by atoms with Crippen molar-refractivity contribution in [3.8, 4) is 0 Å². The Morgan fingerprint density at radius 3 is 3.00 bits per heavy atom. The van der Waals surface area contributed by atoms with Crippen LogP contribution in [0.5, 0.6) is 0 Å².